The fourth-order valence-corrected chi connectivity index (χ4v) is 2.42. The van der Waals surface area contributed by atoms with Crippen molar-refractivity contribution in [1.29, 1.82) is 0 Å². The molecular weight excluding hydrogens is 347 g/mol. The lowest BCUT2D eigenvalue weighted by Crippen LogP contribution is -2.07. The second-order valence-electron chi connectivity index (χ2n) is 5.21. The van der Waals surface area contributed by atoms with Crippen LogP contribution >= 0.6 is 11.6 Å². The van der Waals surface area contributed by atoms with Crippen molar-refractivity contribution in [3.8, 4) is 11.3 Å². The lowest BCUT2D eigenvalue weighted by molar-refractivity contribution is 0.0602. The fraction of sp³-hybridized carbons (Fsp3) is 0.111. The molecule has 0 bridgehead atoms. The summed E-state index contributed by atoms with van der Waals surface area (Å²) in [5, 5.41) is 7.53. The van der Waals surface area contributed by atoms with E-state index < -0.39 is 5.97 Å². The van der Waals surface area contributed by atoms with E-state index >= 15 is 0 Å². The monoisotopic (exact) mass is 360 g/mol. The number of carbonyl (C=O) groups excluding carboxylic acids is 1. The zero-order valence-electron chi connectivity index (χ0n) is 13.3. The van der Waals surface area contributed by atoms with Gasteiger partial charge in [-0.15, -0.1) is 0 Å². The highest BCUT2D eigenvalue weighted by molar-refractivity contribution is 6.30. The highest BCUT2D eigenvalue weighted by Crippen LogP contribution is 2.30. The molecule has 2 aromatic carbocycles. The summed E-state index contributed by atoms with van der Waals surface area (Å²) in [6, 6.07) is 12.8. The van der Waals surface area contributed by atoms with Gasteiger partial charge < -0.3 is 14.6 Å². The lowest BCUT2D eigenvalue weighted by atomic mass is 10.1. The van der Waals surface area contributed by atoms with Crippen molar-refractivity contribution in [2.45, 2.75) is 6.54 Å². The standard InChI is InChI=1S/C18H14ClFN2O3/c1-24-18(23)15-16(12-4-6-13(19)7-5-12)22-25-17(15)21-10-11-2-8-14(20)9-3-11/h2-9,21H,10H2,1H3. The summed E-state index contributed by atoms with van der Waals surface area (Å²) >= 11 is 5.89. The quantitative estimate of drug-likeness (QED) is 0.677. The van der Waals surface area contributed by atoms with Crippen LogP contribution in [0.3, 0.4) is 0 Å². The summed E-state index contributed by atoms with van der Waals surface area (Å²) in [5.74, 6) is -0.711. The van der Waals surface area contributed by atoms with Gasteiger partial charge in [0, 0.05) is 17.1 Å². The van der Waals surface area contributed by atoms with Crippen LogP contribution in [0.2, 0.25) is 5.02 Å². The van der Waals surface area contributed by atoms with Crippen molar-refractivity contribution in [3.63, 3.8) is 0 Å². The van der Waals surface area contributed by atoms with Crippen molar-refractivity contribution < 1.29 is 18.4 Å². The lowest BCUT2D eigenvalue weighted by Gasteiger charge is -2.05. The average Bonchev–Trinajstić information content (AvgIpc) is 3.05. The van der Waals surface area contributed by atoms with Crippen LogP contribution in [0.15, 0.2) is 53.1 Å². The van der Waals surface area contributed by atoms with Gasteiger partial charge in [0.1, 0.15) is 11.5 Å². The minimum Gasteiger partial charge on any atom is -0.465 e. The Morgan fingerprint density at radius 2 is 1.88 bits per heavy atom. The number of rotatable bonds is 5. The predicted molar refractivity (Wildman–Crippen MR) is 92.0 cm³/mol. The zero-order chi connectivity index (χ0) is 17.8. The second kappa shape index (κ2) is 7.36. The topological polar surface area (TPSA) is 64.4 Å². The van der Waals surface area contributed by atoms with E-state index in [1.54, 1.807) is 36.4 Å². The maximum Gasteiger partial charge on any atom is 0.345 e. The molecule has 0 aliphatic heterocycles. The van der Waals surface area contributed by atoms with Crippen LogP contribution in [0, 0.1) is 5.82 Å². The Bertz CT molecular complexity index is 876. The molecule has 0 atom stereocenters. The van der Waals surface area contributed by atoms with E-state index in [9.17, 15) is 9.18 Å². The van der Waals surface area contributed by atoms with E-state index in [1.807, 2.05) is 0 Å². The Kier molecular flexibility index (Phi) is 5.00. The van der Waals surface area contributed by atoms with E-state index in [0.717, 1.165) is 5.56 Å². The molecule has 0 amide bonds. The van der Waals surface area contributed by atoms with Gasteiger partial charge in [-0.05, 0) is 29.8 Å². The molecule has 0 spiro atoms. The largest absolute Gasteiger partial charge is 0.465 e. The van der Waals surface area contributed by atoms with Gasteiger partial charge in [0.15, 0.2) is 5.56 Å². The molecule has 1 heterocycles. The maximum absolute atomic E-state index is 13.0. The first-order valence-corrected chi connectivity index (χ1v) is 7.78. The third-order valence-corrected chi connectivity index (χ3v) is 3.82. The number of hydrogen-bond donors (Lipinski definition) is 1. The van der Waals surface area contributed by atoms with Gasteiger partial charge >= 0.3 is 5.97 Å². The molecule has 0 radical (unpaired) electrons. The fourth-order valence-electron chi connectivity index (χ4n) is 2.29. The molecule has 0 unspecified atom stereocenters. The molecule has 0 aliphatic rings. The first-order chi connectivity index (χ1) is 12.1. The minimum absolute atomic E-state index is 0.182. The summed E-state index contributed by atoms with van der Waals surface area (Å²) in [7, 11) is 1.28. The van der Waals surface area contributed by atoms with Crippen LogP contribution in [0.25, 0.3) is 11.3 Å². The number of nitrogens with one attached hydrogen (secondary N) is 1. The summed E-state index contributed by atoms with van der Waals surface area (Å²) in [4.78, 5) is 12.2. The molecule has 5 nitrogen and oxygen atoms in total. The van der Waals surface area contributed by atoms with Crippen LogP contribution in [0.1, 0.15) is 15.9 Å². The predicted octanol–water partition coefficient (Wildman–Crippen LogP) is 4.53. The molecule has 3 rings (SSSR count). The molecule has 0 saturated heterocycles. The average molecular weight is 361 g/mol. The SMILES string of the molecule is COC(=O)c1c(-c2ccc(Cl)cc2)noc1NCc1ccc(F)cc1. The molecule has 7 heteroatoms. The molecule has 1 N–H and O–H groups in total. The molecule has 0 aliphatic carbocycles. The van der Waals surface area contributed by atoms with Gasteiger partial charge in [-0.3, -0.25) is 0 Å². The highest BCUT2D eigenvalue weighted by atomic mass is 35.5. The molecule has 1 aromatic heterocycles. The summed E-state index contributed by atoms with van der Waals surface area (Å²) in [6.07, 6.45) is 0. The van der Waals surface area contributed by atoms with Gasteiger partial charge in [0.05, 0.1) is 7.11 Å². The van der Waals surface area contributed by atoms with E-state index in [2.05, 4.69) is 10.5 Å². The number of ether oxygens (including phenoxy) is 1. The molecule has 0 saturated carbocycles. The maximum atomic E-state index is 13.0. The molecule has 3 aromatic rings. The molecule has 128 valence electrons. The summed E-state index contributed by atoms with van der Waals surface area (Å²) in [5.41, 5.74) is 2.03. The van der Waals surface area contributed by atoms with Crippen LogP contribution < -0.4 is 5.32 Å². The van der Waals surface area contributed by atoms with Crippen molar-refractivity contribution in [3.05, 3.63) is 70.5 Å². The Hall–Kier alpha value is -2.86. The smallest absolute Gasteiger partial charge is 0.345 e. The van der Waals surface area contributed by atoms with Gasteiger partial charge in [-0.2, -0.15) is 0 Å². The number of nitrogens with zero attached hydrogens (tertiary/aromatic N) is 1. The summed E-state index contributed by atoms with van der Waals surface area (Å²) < 4.78 is 23.1. The number of carbonyl (C=O) groups is 1. The van der Waals surface area contributed by atoms with E-state index in [0.29, 0.717) is 22.8 Å². The number of esters is 1. The third-order valence-electron chi connectivity index (χ3n) is 3.57. The normalized spacial score (nSPS) is 10.5. The van der Waals surface area contributed by atoms with Crippen LogP contribution in [0.5, 0.6) is 0 Å². The minimum atomic E-state index is -0.576. The van der Waals surface area contributed by atoms with Gasteiger partial charge in [0.2, 0.25) is 5.88 Å². The van der Waals surface area contributed by atoms with Crippen molar-refractivity contribution in [1.82, 2.24) is 5.16 Å². The first-order valence-electron chi connectivity index (χ1n) is 7.40. The van der Waals surface area contributed by atoms with Crippen molar-refractivity contribution >= 4 is 23.5 Å². The van der Waals surface area contributed by atoms with Crippen molar-refractivity contribution in [2.75, 3.05) is 12.4 Å². The third kappa shape index (κ3) is 3.80. The molecule has 25 heavy (non-hydrogen) atoms. The zero-order valence-corrected chi connectivity index (χ0v) is 14.0. The highest BCUT2D eigenvalue weighted by Gasteiger charge is 2.24. The van der Waals surface area contributed by atoms with E-state index in [-0.39, 0.29) is 17.3 Å². The van der Waals surface area contributed by atoms with E-state index in [1.165, 1.54) is 19.2 Å². The number of methoxy groups -OCH3 is 1. The van der Waals surface area contributed by atoms with Crippen LogP contribution in [0.4, 0.5) is 10.3 Å². The Morgan fingerprint density at radius 1 is 1.20 bits per heavy atom. The number of hydrogen-bond acceptors (Lipinski definition) is 5. The Balaban J connectivity index is 1.89. The number of anilines is 1. The molecule has 0 fully saturated rings. The van der Waals surface area contributed by atoms with Gasteiger partial charge in [0.25, 0.3) is 0 Å². The number of benzene rings is 2. The van der Waals surface area contributed by atoms with Gasteiger partial charge in [-0.25, -0.2) is 9.18 Å². The van der Waals surface area contributed by atoms with Crippen molar-refractivity contribution in [2.24, 2.45) is 0 Å². The van der Waals surface area contributed by atoms with Crippen LogP contribution in [-0.4, -0.2) is 18.2 Å². The molecular formula is C18H14ClFN2O3. The summed E-state index contributed by atoms with van der Waals surface area (Å²) in [6.45, 7) is 0.333. The second-order valence-corrected chi connectivity index (χ2v) is 5.65. The number of aromatic nitrogens is 1. The van der Waals surface area contributed by atoms with E-state index in [4.69, 9.17) is 20.9 Å². The Morgan fingerprint density at radius 3 is 2.52 bits per heavy atom. The first kappa shape index (κ1) is 17.0. The van der Waals surface area contributed by atoms with Gasteiger partial charge in [-0.1, -0.05) is 41.0 Å². The Labute approximate surface area is 148 Å². The number of halogens is 2. The van der Waals surface area contributed by atoms with Crippen LogP contribution in [-0.2, 0) is 11.3 Å².